The Bertz CT molecular complexity index is 1560. The summed E-state index contributed by atoms with van der Waals surface area (Å²) < 4.78 is 10.5. The lowest BCUT2D eigenvalue weighted by atomic mass is 9.43. The molecule has 0 saturated heterocycles. The molecule has 10 rings (SSSR count). The van der Waals surface area contributed by atoms with Gasteiger partial charge in [0.1, 0.15) is 13.2 Å². The molecule has 4 N–H and O–H groups in total. The molecule has 6 unspecified atom stereocenters. The number of rotatable bonds is 6. The van der Waals surface area contributed by atoms with Gasteiger partial charge >= 0.3 is 11.9 Å². The molecule has 8 fully saturated rings. The van der Waals surface area contributed by atoms with Crippen LogP contribution in [0.4, 0.5) is 0 Å². The fourth-order valence-electron chi connectivity index (χ4n) is 17.4. The predicted octanol–water partition coefficient (Wildman–Crippen LogP) is 7.53. The highest BCUT2D eigenvalue weighted by atomic mass is 16.6. The molecule has 10 aliphatic rings. The minimum absolute atomic E-state index is 0.133. The normalized spacial score (nSPS) is 51.7. The molecule has 10 nitrogen and oxygen atoms in total. The summed E-state index contributed by atoms with van der Waals surface area (Å²) in [6.45, 7) is 10.5. The quantitative estimate of drug-likeness (QED) is 0.158. The molecule has 2 heterocycles. The van der Waals surface area contributed by atoms with Crippen LogP contribution in [0, 0.1) is 69.0 Å². The smallest absolute Gasteiger partial charge is 0.331 e. The Morgan fingerprint density at radius 1 is 0.552 bits per heavy atom. The number of nitrogens with one attached hydrogen (secondary N) is 2. The Morgan fingerprint density at radius 3 is 1.33 bits per heavy atom. The molecule has 2 aliphatic heterocycles. The van der Waals surface area contributed by atoms with Crippen LogP contribution in [0.3, 0.4) is 0 Å². The van der Waals surface area contributed by atoms with Gasteiger partial charge in [-0.1, -0.05) is 27.7 Å². The maximum atomic E-state index is 12.2. The lowest BCUT2D eigenvalue weighted by Crippen LogP contribution is -2.62. The zero-order chi connectivity index (χ0) is 40.9. The average molecular weight is 807 g/mol. The monoisotopic (exact) mass is 807 g/mol. The maximum Gasteiger partial charge on any atom is 0.331 e. The average Bonchev–Trinajstić information content (AvgIpc) is 3.95. The number of fused-ring (bicyclic) bond motifs is 10. The zero-order valence-corrected chi connectivity index (χ0v) is 36.4. The Morgan fingerprint density at radius 2 is 0.966 bits per heavy atom. The van der Waals surface area contributed by atoms with Crippen molar-refractivity contribution in [2.24, 2.45) is 69.0 Å². The minimum atomic E-state index is -0.608. The first-order chi connectivity index (χ1) is 27.6. The fourth-order valence-corrected chi connectivity index (χ4v) is 17.4. The Labute approximate surface area is 347 Å². The number of hydrogen-bond acceptors (Lipinski definition) is 10. The first kappa shape index (κ1) is 41.5. The summed E-state index contributed by atoms with van der Waals surface area (Å²) in [5.41, 5.74) is 7.83. The van der Waals surface area contributed by atoms with Gasteiger partial charge < -0.3 is 29.4 Å². The molecule has 0 aromatic heterocycles. The SMILES string of the molecule is CONC1CC[C@]2(C)C3CC[C@]4(C)[C@@H](C5=CC(=O)OC5)CC[C@]4(O)C3CC[C@@H]2C1.CONC1CC[C@]2(C)C3CC[C@]4(C)[C@@H](C5=CC(=O)OC5)CC[C@]4(O)C3CC[C@@H]2C1. The molecule has 16 atom stereocenters. The van der Waals surface area contributed by atoms with Crippen LogP contribution >= 0.6 is 0 Å². The van der Waals surface area contributed by atoms with Gasteiger partial charge in [-0.25, -0.2) is 9.59 Å². The van der Waals surface area contributed by atoms with Crippen LogP contribution in [0.15, 0.2) is 23.3 Å². The van der Waals surface area contributed by atoms with Gasteiger partial charge in [0, 0.05) is 35.1 Å². The number of cyclic esters (lactones) is 2. The highest BCUT2D eigenvalue weighted by Crippen LogP contribution is 2.71. The van der Waals surface area contributed by atoms with E-state index in [0.29, 0.717) is 59.8 Å². The third kappa shape index (κ3) is 6.12. The lowest BCUT2D eigenvalue weighted by Gasteiger charge is -2.63. The number of carbonyl (C=O) groups is 2. The molecule has 324 valence electrons. The first-order valence-corrected chi connectivity index (χ1v) is 23.4. The molecular formula is C48H74N2O8. The van der Waals surface area contributed by atoms with Crippen LogP contribution in [0.2, 0.25) is 0 Å². The van der Waals surface area contributed by atoms with Crippen molar-refractivity contribution >= 4 is 11.9 Å². The highest BCUT2D eigenvalue weighted by molar-refractivity contribution is 5.85. The molecule has 0 aromatic carbocycles. The second-order valence-corrected chi connectivity index (χ2v) is 22.2. The highest BCUT2D eigenvalue weighted by Gasteiger charge is 2.69. The molecule has 8 saturated carbocycles. The van der Waals surface area contributed by atoms with Gasteiger partial charge in [-0.05, 0) is 185 Å². The number of esters is 2. The van der Waals surface area contributed by atoms with Crippen molar-refractivity contribution in [1.29, 1.82) is 0 Å². The number of aliphatic hydroxyl groups is 2. The summed E-state index contributed by atoms with van der Waals surface area (Å²) >= 11 is 0. The van der Waals surface area contributed by atoms with E-state index in [4.69, 9.17) is 19.1 Å². The summed E-state index contributed by atoms with van der Waals surface area (Å²) in [5, 5.41) is 24.4. The van der Waals surface area contributed by atoms with Gasteiger partial charge in [-0.3, -0.25) is 0 Å². The number of ether oxygens (including phenoxy) is 2. The van der Waals surface area contributed by atoms with Crippen molar-refractivity contribution < 1.29 is 39.0 Å². The van der Waals surface area contributed by atoms with E-state index < -0.39 is 11.2 Å². The minimum Gasteiger partial charge on any atom is -0.458 e. The van der Waals surface area contributed by atoms with Crippen molar-refractivity contribution in [2.45, 2.75) is 167 Å². The third-order valence-corrected chi connectivity index (χ3v) is 20.5. The van der Waals surface area contributed by atoms with Crippen LogP contribution in [-0.2, 0) is 28.7 Å². The molecule has 0 aromatic rings. The van der Waals surface area contributed by atoms with E-state index >= 15 is 0 Å². The number of hydrogen-bond donors (Lipinski definition) is 4. The Hall–Kier alpha value is -1.82. The second-order valence-electron chi connectivity index (χ2n) is 22.2. The number of carbonyl (C=O) groups excluding carboxylic acids is 2. The van der Waals surface area contributed by atoms with E-state index in [1.165, 1.54) is 51.4 Å². The van der Waals surface area contributed by atoms with Gasteiger partial charge in [-0.2, -0.15) is 11.0 Å². The Balaban J connectivity index is 0.000000150. The van der Waals surface area contributed by atoms with E-state index in [1.54, 1.807) is 26.4 Å². The molecular weight excluding hydrogens is 733 g/mol. The first-order valence-electron chi connectivity index (χ1n) is 23.4. The lowest BCUT2D eigenvalue weighted by molar-refractivity contribution is -0.206. The summed E-state index contributed by atoms with van der Waals surface area (Å²) in [6.07, 6.45) is 23.5. The third-order valence-electron chi connectivity index (χ3n) is 20.5. The zero-order valence-electron chi connectivity index (χ0n) is 36.4. The molecule has 8 aliphatic carbocycles. The van der Waals surface area contributed by atoms with E-state index in [0.717, 1.165) is 87.2 Å². The summed E-state index contributed by atoms with van der Waals surface area (Å²) in [4.78, 5) is 33.8. The topological polar surface area (TPSA) is 136 Å². The molecule has 0 amide bonds. The van der Waals surface area contributed by atoms with Crippen LogP contribution in [-0.4, -0.2) is 72.9 Å². The van der Waals surface area contributed by atoms with Crippen LogP contribution in [0.25, 0.3) is 0 Å². The largest absolute Gasteiger partial charge is 0.458 e. The standard InChI is InChI=1S/2C24H37NO4/c2*1-22-9-6-17(25-28-3)13-16(22)4-5-20-19(22)7-10-23(2)18(8-11-24(20,23)27)15-12-21(26)29-14-15/h2*12,16-20,25,27H,4-11,13-14H2,1-3H3/t2*16-,17?,18-,19?,20?,22+,23-,24+/m11/s1. The maximum absolute atomic E-state index is 12.2. The van der Waals surface area contributed by atoms with Crippen LogP contribution in [0.5, 0.6) is 0 Å². The fraction of sp³-hybridized carbons (Fsp3) is 0.875. The van der Waals surface area contributed by atoms with Crippen LogP contribution in [0.1, 0.15) is 143 Å². The van der Waals surface area contributed by atoms with E-state index in [2.05, 4.69) is 38.7 Å². The molecule has 0 radical (unpaired) electrons. The van der Waals surface area contributed by atoms with Gasteiger partial charge in [0.15, 0.2) is 0 Å². The van der Waals surface area contributed by atoms with Crippen molar-refractivity contribution in [2.75, 3.05) is 27.4 Å². The molecule has 0 spiro atoms. The van der Waals surface area contributed by atoms with Crippen LogP contribution < -0.4 is 11.0 Å². The summed E-state index contributed by atoms with van der Waals surface area (Å²) in [7, 11) is 3.44. The molecule has 58 heavy (non-hydrogen) atoms. The van der Waals surface area contributed by atoms with Crippen molar-refractivity contribution in [3.8, 4) is 0 Å². The van der Waals surface area contributed by atoms with Crippen molar-refractivity contribution in [1.82, 2.24) is 11.0 Å². The van der Waals surface area contributed by atoms with Crippen molar-refractivity contribution in [3.05, 3.63) is 23.3 Å². The molecule has 10 heteroatoms. The van der Waals surface area contributed by atoms with Gasteiger partial charge in [0.05, 0.1) is 25.4 Å². The number of hydroxylamine groups is 2. The van der Waals surface area contributed by atoms with Gasteiger partial charge in [0.2, 0.25) is 0 Å². The van der Waals surface area contributed by atoms with E-state index in [9.17, 15) is 19.8 Å². The van der Waals surface area contributed by atoms with Crippen molar-refractivity contribution in [3.63, 3.8) is 0 Å². The van der Waals surface area contributed by atoms with Gasteiger partial charge in [-0.15, -0.1) is 0 Å². The summed E-state index contributed by atoms with van der Waals surface area (Å²) in [5.74, 6) is 3.59. The van der Waals surface area contributed by atoms with E-state index in [-0.39, 0.29) is 34.6 Å². The van der Waals surface area contributed by atoms with Gasteiger partial charge in [0.25, 0.3) is 0 Å². The summed E-state index contributed by atoms with van der Waals surface area (Å²) in [6, 6.07) is 0.934. The second kappa shape index (κ2) is 14.9. The van der Waals surface area contributed by atoms with E-state index in [1.807, 2.05) is 0 Å². The predicted molar refractivity (Wildman–Crippen MR) is 219 cm³/mol. The Kier molecular flexibility index (Phi) is 10.7. The molecule has 0 bridgehead atoms.